The van der Waals surface area contributed by atoms with Crippen LogP contribution in [0.3, 0.4) is 0 Å². The monoisotopic (exact) mass is 297 g/mol. The van der Waals surface area contributed by atoms with Crippen molar-refractivity contribution in [2.45, 2.75) is 64.1 Å². The number of aryl methyl sites for hydroxylation is 1. The second kappa shape index (κ2) is 7.14. The maximum Gasteiger partial charge on any atom is 0.268 e. The van der Waals surface area contributed by atoms with Gasteiger partial charge in [-0.15, -0.1) is 0 Å². The molecule has 0 aliphatic heterocycles. The van der Waals surface area contributed by atoms with Crippen molar-refractivity contribution in [2.75, 3.05) is 0 Å². The van der Waals surface area contributed by atoms with E-state index >= 15 is 0 Å². The minimum atomic E-state index is -0.0623. The average molecular weight is 298 g/mol. The molecule has 3 N–H and O–H groups in total. The van der Waals surface area contributed by atoms with Crippen LogP contribution in [-0.2, 0) is 6.54 Å². The van der Waals surface area contributed by atoms with E-state index in [0.29, 0.717) is 10.7 Å². The van der Waals surface area contributed by atoms with E-state index in [4.69, 9.17) is 17.3 Å². The number of halogens is 1. The number of nitrogens with one attached hydrogen (secondary N) is 1. The first-order chi connectivity index (χ1) is 9.61. The molecule has 4 nitrogen and oxygen atoms in total. The summed E-state index contributed by atoms with van der Waals surface area (Å²) >= 11 is 6.02. The summed E-state index contributed by atoms with van der Waals surface area (Å²) in [5.74, 6) is -0.0623. The molecule has 1 saturated carbocycles. The Labute approximate surface area is 125 Å². The van der Waals surface area contributed by atoms with Crippen molar-refractivity contribution < 1.29 is 4.79 Å². The summed E-state index contributed by atoms with van der Waals surface area (Å²) in [7, 11) is 0. The van der Waals surface area contributed by atoms with Crippen LogP contribution in [0.2, 0.25) is 5.02 Å². The topological polar surface area (TPSA) is 60.0 Å². The lowest BCUT2D eigenvalue weighted by atomic mass is 10.0. The number of hydrogen-bond donors (Lipinski definition) is 2. The van der Waals surface area contributed by atoms with Gasteiger partial charge in [0.15, 0.2) is 0 Å². The lowest BCUT2D eigenvalue weighted by molar-refractivity contribution is 0.0919. The van der Waals surface area contributed by atoms with Gasteiger partial charge in [0, 0.05) is 24.8 Å². The molecule has 1 aromatic heterocycles. The van der Waals surface area contributed by atoms with Crippen LogP contribution in [0.25, 0.3) is 0 Å². The third kappa shape index (κ3) is 3.76. The molecule has 1 aliphatic rings. The first-order valence-electron chi connectivity index (χ1n) is 7.54. The van der Waals surface area contributed by atoms with E-state index in [1.54, 1.807) is 6.07 Å². The van der Waals surface area contributed by atoms with E-state index in [9.17, 15) is 4.79 Å². The summed E-state index contributed by atoms with van der Waals surface area (Å²) in [6.07, 6.45) is 8.23. The Morgan fingerprint density at radius 1 is 1.45 bits per heavy atom. The van der Waals surface area contributed by atoms with E-state index in [1.165, 1.54) is 6.42 Å². The molecule has 0 aromatic carbocycles. The van der Waals surface area contributed by atoms with Crippen LogP contribution < -0.4 is 11.1 Å². The molecular formula is C15H24ClN3O. The predicted molar refractivity (Wildman–Crippen MR) is 82.0 cm³/mol. The summed E-state index contributed by atoms with van der Waals surface area (Å²) in [6, 6.07) is 1.87. The molecule has 1 aromatic rings. The van der Waals surface area contributed by atoms with Crippen molar-refractivity contribution in [2.24, 2.45) is 5.73 Å². The predicted octanol–water partition coefficient (Wildman–Crippen LogP) is 2.94. The number of nitrogens with two attached hydrogens (primary N) is 1. The van der Waals surface area contributed by atoms with Gasteiger partial charge in [-0.1, -0.05) is 37.8 Å². The van der Waals surface area contributed by atoms with Crippen molar-refractivity contribution in [3.8, 4) is 0 Å². The van der Waals surface area contributed by atoms with Gasteiger partial charge in [-0.05, 0) is 25.3 Å². The fourth-order valence-electron chi connectivity index (χ4n) is 2.85. The van der Waals surface area contributed by atoms with Gasteiger partial charge >= 0.3 is 0 Å². The molecule has 1 amide bonds. The van der Waals surface area contributed by atoms with Gasteiger partial charge in [-0.25, -0.2) is 0 Å². The van der Waals surface area contributed by atoms with E-state index in [1.807, 2.05) is 10.8 Å². The SMILES string of the molecule is CCCn1cc(Cl)cc1C(=O)NC1CCCCCC1N. The van der Waals surface area contributed by atoms with Gasteiger partial charge in [0.05, 0.1) is 5.02 Å². The smallest absolute Gasteiger partial charge is 0.268 e. The highest BCUT2D eigenvalue weighted by Gasteiger charge is 2.23. The van der Waals surface area contributed by atoms with Crippen LogP contribution in [-0.4, -0.2) is 22.6 Å². The molecule has 0 bridgehead atoms. The molecule has 1 fully saturated rings. The molecule has 5 heteroatoms. The second-order valence-corrected chi connectivity index (χ2v) is 6.06. The number of carbonyl (C=O) groups excluding carboxylic acids is 1. The quantitative estimate of drug-likeness (QED) is 0.840. The third-order valence-electron chi connectivity index (χ3n) is 3.95. The number of rotatable bonds is 4. The molecule has 1 aliphatic carbocycles. The largest absolute Gasteiger partial charge is 0.346 e. The van der Waals surface area contributed by atoms with Crippen molar-refractivity contribution in [3.05, 3.63) is 23.0 Å². The van der Waals surface area contributed by atoms with Gasteiger partial charge in [0.1, 0.15) is 5.69 Å². The van der Waals surface area contributed by atoms with Crippen LogP contribution in [0.5, 0.6) is 0 Å². The van der Waals surface area contributed by atoms with Crippen LogP contribution in [0.1, 0.15) is 55.9 Å². The molecule has 2 rings (SSSR count). The van der Waals surface area contributed by atoms with Gasteiger partial charge in [0.2, 0.25) is 0 Å². The Morgan fingerprint density at radius 2 is 2.20 bits per heavy atom. The zero-order valence-electron chi connectivity index (χ0n) is 12.1. The molecule has 2 unspecified atom stereocenters. The van der Waals surface area contributed by atoms with Crippen molar-refractivity contribution in [1.82, 2.24) is 9.88 Å². The highest BCUT2D eigenvalue weighted by molar-refractivity contribution is 6.31. The summed E-state index contributed by atoms with van der Waals surface area (Å²) in [5.41, 5.74) is 6.79. The Bertz CT molecular complexity index is 458. The van der Waals surface area contributed by atoms with E-state index in [2.05, 4.69) is 12.2 Å². The van der Waals surface area contributed by atoms with Gasteiger partial charge in [0.25, 0.3) is 5.91 Å². The van der Waals surface area contributed by atoms with Gasteiger partial charge < -0.3 is 15.6 Å². The van der Waals surface area contributed by atoms with Gasteiger partial charge in [-0.2, -0.15) is 0 Å². The third-order valence-corrected chi connectivity index (χ3v) is 4.15. The average Bonchev–Trinajstić information content (AvgIpc) is 2.66. The fourth-order valence-corrected chi connectivity index (χ4v) is 3.07. The molecule has 0 saturated heterocycles. The zero-order chi connectivity index (χ0) is 14.5. The maximum absolute atomic E-state index is 12.4. The van der Waals surface area contributed by atoms with Crippen LogP contribution in [0.4, 0.5) is 0 Å². The number of hydrogen-bond acceptors (Lipinski definition) is 2. The summed E-state index contributed by atoms with van der Waals surface area (Å²) < 4.78 is 1.92. The Morgan fingerprint density at radius 3 is 2.95 bits per heavy atom. The lowest BCUT2D eigenvalue weighted by Gasteiger charge is -2.23. The Kier molecular flexibility index (Phi) is 5.49. The first kappa shape index (κ1) is 15.4. The second-order valence-electron chi connectivity index (χ2n) is 5.62. The number of carbonyl (C=O) groups is 1. The Balaban J connectivity index is 2.07. The maximum atomic E-state index is 12.4. The number of nitrogens with zero attached hydrogens (tertiary/aromatic N) is 1. The summed E-state index contributed by atoms with van der Waals surface area (Å²) in [5, 5.41) is 3.70. The van der Waals surface area contributed by atoms with Crippen molar-refractivity contribution in [3.63, 3.8) is 0 Å². The summed E-state index contributed by atoms with van der Waals surface area (Å²) in [4.78, 5) is 12.4. The molecule has 20 heavy (non-hydrogen) atoms. The van der Waals surface area contributed by atoms with E-state index < -0.39 is 0 Å². The van der Waals surface area contributed by atoms with Crippen LogP contribution >= 0.6 is 11.6 Å². The summed E-state index contributed by atoms with van der Waals surface area (Å²) in [6.45, 7) is 2.88. The van der Waals surface area contributed by atoms with Crippen LogP contribution in [0.15, 0.2) is 12.3 Å². The standard InChI is InChI=1S/C15H24ClN3O/c1-2-8-19-10-11(16)9-14(19)15(20)18-13-7-5-3-4-6-12(13)17/h9-10,12-13H,2-8,17H2,1H3,(H,18,20). The minimum absolute atomic E-state index is 0.0616. The van der Waals surface area contributed by atoms with E-state index in [-0.39, 0.29) is 18.0 Å². The van der Waals surface area contributed by atoms with E-state index in [0.717, 1.165) is 38.6 Å². The first-order valence-corrected chi connectivity index (χ1v) is 7.91. The normalized spacial score (nSPS) is 23.4. The van der Waals surface area contributed by atoms with Crippen molar-refractivity contribution >= 4 is 17.5 Å². The van der Waals surface area contributed by atoms with Crippen molar-refractivity contribution in [1.29, 1.82) is 0 Å². The Hall–Kier alpha value is -1.00. The molecule has 0 radical (unpaired) electrons. The molecule has 2 atom stereocenters. The fraction of sp³-hybridized carbons (Fsp3) is 0.667. The number of aromatic nitrogens is 1. The van der Waals surface area contributed by atoms with Crippen LogP contribution in [0, 0.1) is 0 Å². The molecule has 0 spiro atoms. The lowest BCUT2D eigenvalue weighted by Crippen LogP contribution is -2.47. The zero-order valence-corrected chi connectivity index (χ0v) is 12.8. The number of amides is 1. The van der Waals surface area contributed by atoms with Gasteiger partial charge in [-0.3, -0.25) is 4.79 Å². The molecule has 112 valence electrons. The highest BCUT2D eigenvalue weighted by atomic mass is 35.5. The highest BCUT2D eigenvalue weighted by Crippen LogP contribution is 2.19. The minimum Gasteiger partial charge on any atom is -0.346 e. The molecular weight excluding hydrogens is 274 g/mol. The molecule has 1 heterocycles.